The van der Waals surface area contributed by atoms with Gasteiger partial charge in [0.1, 0.15) is 18.0 Å². The third kappa shape index (κ3) is 8.80. The Balaban J connectivity index is 2.04. The fourth-order valence-electron chi connectivity index (χ4n) is 9.20. The van der Waals surface area contributed by atoms with Gasteiger partial charge in [-0.1, -0.05) is 53.7 Å². The summed E-state index contributed by atoms with van der Waals surface area (Å²) in [4.78, 5) is 57.5. The van der Waals surface area contributed by atoms with E-state index in [1.165, 1.54) is 0 Å². The van der Waals surface area contributed by atoms with Crippen molar-refractivity contribution >= 4 is 23.8 Å². The molecule has 2 saturated heterocycles. The molecule has 0 spiro atoms. The molecule has 2 aliphatic heterocycles. The number of carbonyl (C=O) groups is 4. The number of rotatable bonds is 6. The smallest absolute Gasteiger partial charge is 0.320 e. The van der Waals surface area contributed by atoms with Crippen LogP contribution in [0.1, 0.15) is 153 Å². The van der Waals surface area contributed by atoms with Gasteiger partial charge in [-0.15, -0.1) is 0 Å². The molecule has 3 rings (SSSR count). The molecule has 9 heteroatoms. The van der Waals surface area contributed by atoms with Gasteiger partial charge in [-0.05, 0) is 89.3 Å². The van der Waals surface area contributed by atoms with Crippen LogP contribution in [0.25, 0.3) is 0 Å². The molecule has 1 N–H and O–H groups in total. The normalized spacial score (nSPS) is 21.0. The van der Waals surface area contributed by atoms with Crippen molar-refractivity contribution in [1.29, 1.82) is 0 Å². The SMILES string of the molecule is CC(=O)N1C(C)(C)CC(OC(=O)C(Cc2cc(C(C)(C)C)c(O)c(C(C)(C)C)c2)C(=O)OC2CC(C)(C)N(C(C)=O)C(C)(C)C2)CC1(C)C. The number of phenolic OH excluding ortho intramolecular Hbond substituents is 1. The summed E-state index contributed by atoms with van der Waals surface area (Å²) in [5.41, 5.74) is -0.905. The van der Waals surface area contributed by atoms with Gasteiger partial charge in [-0.2, -0.15) is 0 Å². The van der Waals surface area contributed by atoms with E-state index in [2.05, 4.69) is 0 Å². The predicted octanol–water partition coefficient (Wildman–Crippen LogP) is 7.37. The fourth-order valence-corrected chi connectivity index (χ4v) is 9.20. The second-order valence-electron chi connectivity index (χ2n) is 19.2. The van der Waals surface area contributed by atoms with Crippen molar-refractivity contribution in [3.05, 3.63) is 28.8 Å². The van der Waals surface area contributed by atoms with Gasteiger partial charge in [0.25, 0.3) is 0 Å². The van der Waals surface area contributed by atoms with Crippen LogP contribution in [0.2, 0.25) is 0 Å². The third-order valence-electron chi connectivity index (χ3n) is 10.3. The molecular formula is C40H64N2O7. The Bertz CT molecular complexity index is 1320. The number of ether oxygens (including phenoxy) is 2. The van der Waals surface area contributed by atoms with Gasteiger partial charge in [0.15, 0.2) is 5.92 Å². The first-order chi connectivity index (χ1) is 21.9. The van der Waals surface area contributed by atoms with E-state index in [1.807, 2.05) is 119 Å². The van der Waals surface area contributed by atoms with E-state index in [0.29, 0.717) is 25.7 Å². The fraction of sp³-hybridized carbons (Fsp3) is 0.750. The van der Waals surface area contributed by atoms with Crippen LogP contribution in [-0.2, 0) is 45.9 Å². The first kappa shape index (κ1) is 40.3. The number of hydrogen-bond acceptors (Lipinski definition) is 7. The molecule has 1 aromatic rings. The number of piperidine rings is 2. The Kier molecular flexibility index (Phi) is 10.9. The molecule has 276 valence electrons. The van der Waals surface area contributed by atoms with Gasteiger partial charge in [-0.25, -0.2) is 0 Å². The van der Waals surface area contributed by atoms with Gasteiger partial charge in [0.2, 0.25) is 11.8 Å². The van der Waals surface area contributed by atoms with E-state index in [4.69, 9.17) is 9.47 Å². The summed E-state index contributed by atoms with van der Waals surface area (Å²) in [6.45, 7) is 31.0. The lowest BCUT2D eigenvalue weighted by molar-refractivity contribution is -0.179. The second kappa shape index (κ2) is 13.2. The van der Waals surface area contributed by atoms with E-state index in [1.54, 1.807) is 13.8 Å². The Labute approximate surface area is 295 Å². The van der Waals surface area contributed by atoms with Crippen LogP contribution in [0.15, 0.2) is 12.1 Å². The number of carbonyl (C=O) groups excluding carboxylic acids is 4. The first-order valence-electron chi connectivity index (χ1n) is 17.8. The zero-order chi connectivity index (χ0) is 37.9. The largest absolute Gasteiger partial charge is 0.507 e. The van der Waals surface area contributed by atoms with Crippen molar-refractivity contribution in [3.63, 3.8) is 0 Å². The number of nitrogens with zero attached hydrogens (tertiary/aromatic N) is 2. The van der Waals surface area contributed by atoms with Gasteiger partial charge >= 0.3 is 11.9 Å². The zero-order valence-corrected chi connectivity index (χ0v) is 33.2. The standard InChI is InChI=1S/C40H64N2O7/c1-24(43)41-37(9,10)20-27(21-38(41,11)12)48-33(46)29(17-26-18-30(35(3,4)5)32(45)31(19-26)36(6,7)8)34(47)49-28-22-39(13,14)42(25(2)44)40(15,16)23-28/h18-19,27-29,45H,17,20-23H2,1-16H3. The number of aromatic hydroxyl groups is 1. The van der Waals surface area contributed by atoms with Crippen LogP contribution < -0.4 is 0 Å². The summed E-state index contributed by atoms with van der Waals surface area (Å²) < 4.78 is 12.4. The Morgan fingerprint density at radius 3 is 1.20 bits per heavy atom. The van der Waals surface area contributed by atoms with Crippen molar-refractivity contribution in [2.45, 2.75) is 188 Å². The molecule has 9 nitrogen and oxygen atoms in total. The maximum Gasteiger partial charge on any atom is 0.320 e. The number of amides is 2. The molecule has 0 saturated carbocycles. The van der Waals surface area contributed by atoms with Crippen molar-refractivity contribution < 1.29 is 33.8 Å². The van der Waals surface area contributed by atoms with E-state index in [9.17, 15) is 24.3 Å². The minimum atomic E-state index is -1.26. The van der Waals surface area contributed by atoms with Crippen molar-refractivity contribution in [2.24, 2.45) is 5.92 Å². The summed E-state index contributed by atoms with van der Waals surface area (Å²) in [5, 5.41) is 11.3. The van der Waals surface area contributed by atoms with Crippen LogP contribution in [-0.4, -0.2) is 73.0 Å². The lowest BCUT2D eigenvalue weighted by Crippen LogP contribution is -2.64. The molecule has 49 heavy (non-hydrogen) atoms. The van der Waals surface area contributed by atoms with E-state index >= 15 is 0 Å². The average Bonchev–Trinajstić information content (AvgIpc) is 2.82. The lowest BCUT2D eigenvalue weighted by atomic mass is 9.77. The molecule has 2 heterocycles. The summed E-state index contributed by atoms with van der Waals surface area (Å²) in [6.07, 6.45) is 0.703. The highest BCUT2D eigenvalue weighted by atomic mass is 16.6. The molecule has 0 bridgehead atoms. The Morgan fingerprint density at radius 2 is 0.959 bits per heavy atom. The molecule has 2 amide bonds. The number of phenols is 1. The van der Waals surface area contributed by atoms with E-state index < -0.39 is 63.1 Å². The predicted molar refractivity (Wildman–Crippen MR) is 192 cm³/mol. The number of esters is 2. The van der Waals surface area contributed by atoms with Crippen LogP contribution >= 0.6 is 0 Å². The maximum absolute atomic E-state index is 14.3. The maximum atomic E-state index is 14.3. The summed E-state index contributed by atoms with van der Waals surface area (Å²) in [6, 6.07) is 3.76. The van der Waals surface area contributed by atoms with Crippen molar-refractivity contribution in [3.8, 4) is 5.75 Å². The summed E-state index contributed by atoms with van der Waals surface area (Å²) in [7, 11) is 0. The quantitative estimate of drug-likeness (QED) is 0.246. The summed E-state index contributed by atoms with van der Waals surface area (Å²) in [5.74, 6) is -2.47. The molecule has 0 aliphatic carbocycles. The van der Waals surface area contributed by atoms with Crippen LogP contribution in [0, 0.1) is 5.92 Å². The molecular weight excluding hydrogens is 620 g/mol. The molecule has 1 aromatic carbocycles. The van der Waals surface area contributed by atoms with Crippen LogP contribution in [0.5, 0.6) is 5.75 Å². The van der Waals surface area contributed by atoms with Crippen LogP contribution in [0.3, 0.4) is 0 Å². The van der Waals surface area contributed by atoms with Crippen LogP contribution in [0.4, 0.5) is 0 Å². The summed E-state index contributed by atoms with van der Waals surface area (Å²) >= 11 is 0. The van der Waals surface area contributed by atoms with Crippen molar-refractivity contribution in [1.82, 2.24) is 9.80 Å². The topological polar surface area (TPSA) is 113 Å². The monoisotopic (exact) mass is 684 g/mol. The van der Waals surface area contributed by atoms with Gasteiger partial charge in [-0.3, -0.25) is 19.2 Å². The van der Waals surface area contributed by atoms with Crippen molar-refractivity contribution in [2.75, 3.05) is 0 Å². The highest BCUT2D eigenvalue weighted by molar-refractivity contribution is 5.95. The van der Waals surface area contributed by atoms with Gasteiger partial charge < -0.3 is 24.4 Å². The van der Waals surface area contributed by atoms with E-state index in [-0.39, 0.29) is 24.0 Å². The van der Waals surface area contributed by atoms with Gasteiger partial charge in [0, 0.05) is 61.7 Å². The average molecular weight is 685 g/mol. The molecule has 2 fully saturated rings. The van der Waals surface area contributed by atoms with Gasteiger partial charge in [0.05, 0.1) is 0 Å². The molecule has 0 aromatic heterocycles. The number of likely N-dealkylation sites (tertiary alicyclic amines) is 2. The molecule has 0 atom stereocenters. The Morgan fingerprint density at radius 1 is 0.673 bits per heavy atom. The molecule has 0 unspecified atom stereocenters. The van der Waals surface area contributed by atoms with E-state index in [0.717, 1.165) is 16.7 Å². The highest BCUT2D eigenvalue weighted by Gasteiger charge is 2.50. The third-order valence-corrected chi connectivity index (χ3v) is 10.3. The highest BCUT2D eigenvalue weighted by Crippen LogP contribution is 2.43. The Hall–Kier alpha value is -3.10. The molecule has 0 radical (unpaired) electrons. The number of benzene rings is 1. The lowest BCUT2D eigenvalue weighted by Gasteiger charge is -2.54. The number of hydrogen-bond donors (Lipinski definition) is 1. The zero-order valence-electron chi connectivity index (χ0n) is 33.2. The molecule has 2 aliphatic rings. The minimum Gasteiger partial charge on any atom is -0.507 e. The first-order valence-corrected chi connectivity index (χ1v) is 17.8. The minimum absolute atomic E-state index is 0.0300. The second-order valence-corrected chi connectivity index (χ2v) is 19.2.